The molecule has 1 saturated heterocycles. The highest BCUT2D eigenvalue weighted by Gasteiger charge is 2.23. The van der Waals surface area contributed by atoms with Crippen LogP contribution in [0.3, 0.4) is 0 Å². The minimum absolute atomic E-state index is 0.00608. The number of rotatable bonds is 5. The zero-order chi connectivity index (χ0) is 18.2. The van der Waals surface area contributed by atoms with Crippen LogP contribution in [0.2, 0.25) is 0 Å². The van der Waals surface area contributed by atoms with Gasteiger partial charge >= 0.3 is 6.03 Å². The van der Waals surface area contributed by atoms with Crippen molar-refractivity contribution >= 4 is 17.8 Å². The molecule has 7 heteroatoms. The maximum atomic E-state index is 12.3. The molecule has 2 N–H and O–H groups in total. The van der Waals surface area contributed by atoms with Gasteiger partial charge in [0.2, 0.25) is 5.91 Å². The van der Waals surface area contributed by atoms with Gasteiger partial charge in [-0.3, -0.25) is 9.59 Å². The van der Waals surface area contributed by atoms with Gasteiger partial charge in [-0.25, -0.2) is 4.79 Å². The van der Waals surface area contributed by atoms with Crippen LogP contribution in [0.25, 0.3) is 0 Å². The number of carbonyl (C=O) groups excluding carboxylic acids is 3. The summed E-state index contributed by atoms with van der Waals surface area (Å²) in [6, 6.07) is 7.11. The molecule has 0 bridgehead atoms. The molecule has 1 aromatic carbocycles. The lowest BCUT2D eigenvalue weighted by atomic mass is 10.1. The third kappa shape index (κ3) is 5.20. The van der Waals surface area contributed by atoms with Crippen LogP contribution in [0.5, 0.6) is 0 Å². The highest BCUT2D eigenvalue weighted by molar-refractivity contribution is 5.94. The average molecular weight is 346 g/mol. The topological polar surface area (TPSA) is 81.8 Å². The zero-order valence-corrected chi connectivity index (χ0v) is 14.9. The quantitative estimate of drug-likeness (QED) is 0.829. The van der Waals surface area contributed by atoms with Gasteiger partial charge in [0.1, 0.15) is 6.54 Å². The normalized spacial score (nSPS) is 14.9. The minimum Gasteiger partial charge on any atom is -0.355 e. The molecule has 4 amide bonds. The lowest BCUT2D eigenvalue weighted by Gasteiger charge is -2.21. The fourth-order valence-electron chi connectivity index (χ4n) is 2.87. The van der Waals surface area contributed by atoms with Crippen molar-refractivity contribution in [3.63, 3.8) is 0 Å². The number of urea groups is 1. The van der Waals surface area contributed by atoms with E-state index in [1.807, 2.05) is 25.1 Å². The number of benzene rings is 1. The Balaban J connectivity index is 1.84. The number of amides is 4. The van der Waals surface area contributed by atoms with E-state index < -0.39 is 0 Å². The largest absolute Gasteiger partial charge is 0.355 e. The minimum atomic E-state index is -0.214. The van der Waals surface area contributed by atoms with Gasteiger partial charge in [0, 0.05) is 38.8 Å². The molecule has 1 aromatic rings. The molecule has 0 radical (unpaired) electrons. The van der Waals surface area contributed by atoms with E-state index in [4.69, 9.17) is 0 Å². The van der Waals surface area contributed by atoms with Crippen LogP contribution < -0.4 is 10.6 Å². The molecule has 0 saturated carbocycles. The first-order chi connectivity index (χ1) is 12.0. The Hall–Kier alpha value is -2.57. The Kier molecular flexibility index (Phi) is 6.80. The molecule has 25 heavy (non-hydrogen) atoms. The van der Waals surface area contributed by atoms with Crippen LogP contribution in [0.15, 0.2) is 24.3 Å². The molecule has 1 aliphatic rings. The van der Waals surface area contributed by atoms with Crippen LogP contribution in [0.1, 0.15) is 29.3 Å². The second-order valence-corrected chi connectivity index (χ2v) is 6.01. The molecule has 136 valence electrons. The monoisotopic (exact) mass is 346 g/mol. The summed E-state index contributed by atoms with van der Waals surface area (Å²) in [7, 11) is 1.59. The van der Waals surface area contributed by atoms with Crippen molar-refractivity contribution in [1.82, 2.24) is 20.4 Å². The van der Waals surface area contributed by atoms with Gasteiger partial charge in [-0.1, -0.05) is 12.1 Å². The first-order valence-electron chi connectivity index (χ1n) is 8.66. The number of nitrogens with zero attached hydrogens (tertiary/aromatic N) is 2. The van der Waals surface area contributed by atoms with Crippen LogP contribution in [0, 0.1) is 0 Å². The van der Waals surface area contributed by atoms with Crippen LogP contribution in [0.4, 0.5) is 4.79 Å². The number of likely N-dealkylation sites (N-methyl/N-ethyl adjacent to an activating group) is 1. The summed E-state index contributed by atoms with van der Waals surface area (Å²) in [6.45, 7) is 4.49. The fourth-order valence-corrected chi connectivity index (χ4v) is 2.87. The summed E-state index contributed by atoms with van der Waals surface area (Å²) < 4.78 is 0. The maximum absolute atomic E-state index is 12.3. The van der Waals surface area contributed by atoms with E-state index >= 15 is 0 Å². The van der Waals surface area contributed by atoms with E-state index in [0.29, 0.717) is 38.2 Å². The van der Waals surface area contributed by atoms with Gasteiger partial charge < -0.3 is 20.4 Å². The Morgan fingerprint density at radius 2 is 2.04 bits per heavy atom. The molecular weight excluding hydrogens is 320 g/mol. The summed E-state index contributed by atoms with van der Waals surface area (Å²) in [5.74, 6) is -0.136. The van der Waals surface area contributed by atoms with Gasteiger partial charge in [-0.15, -0.1) is 0 Å². The van der Waals surface area contributed by atoms with Crippen molar-refractivity contribution in [3.05, 3.63) is 35.4 Å². The molecule has 0 aromatic heterocycles. The second kappa shape index (κ2) is 9.05. The van der Waals surface area contributed by atoms with Gasteiger partial charge in [0.05, 0.1) is 0 Å². The molecule has 1 heterocycles. The number of carbonyl (C=O) groups is 3. The van der Waals surface area contributed by atoms with Crippen molar-refractivity contribution in [1.29, 1.82) is 0 Å². The lowest BCUT2D eigenvalue weighted by molar-refractivity contribution is -0.130. The fraction of sp³-hybridized carbons (Fsp3) is 0.500. The second-order valence-electron chi connectivity index (χ2n) is 6.01. The molecule has 1 fully saturated rings. The Bertz CT molecular complexity index is 633. The van der Waals surface area contributed by atoms with Crippen LogP contribution in [-0.2, 0) is 11.2 Å². The van der Waals surface area contributed by atoms with Crippen LogP contribution >= 0.6 is 0 Å². The SMILES string of the molecule is CCN1CCCN(C(=O)NCCc2cccc(C(=O)NC)c2)CC1=O. The summed E-state index contributed by atoms with van der Waals surface area (Å²) in [5, 5.41) is 5.45. The van der Waals surface area contributed by atoms with E-state index in [0.717, 1.165) is 12.0 Å². The van der Waals surface area contributed by atoms with E-state index in [1.54, 1.807) is 22.9 Å². The molecule has 2 rings (SSSR count). The van der Waals surface area contributed by atoms with Crippen molar-refractivity contribution < 1.29 is 14.4 Å². The molecule has 0 unspecified atom stereocenters. The third-order valence-corrected chi connectivity index (χ3v) is 4.31. The number of nitrogens with one attached hydrogen (secondary N) is 2. The molecule has 0 aliphatic carbocycles. The zero-order valence-electron chi connectivity index (χ0n) is 14.9. The van der Waals surface area contributed by atoms with E-state index in [2.05, 4.69) is 10.6 Å². The Morgan fingerprint density at radius 1 is 1.24 bits per heavy atom. The summed E-state index contributed by atoms with van der Waals surface area (Å²) in [6.07, 6.45) is 1.42. The summed E-state index contributed by atoms with van der Waals surface area (Å²) in [4.78, 5) is 39.3. The lowest BCUT2D eigenvalue weighted by Crippen LogP contribution is -2.44. The first kappa shape index (κ1) is 18.8. The molecule has 0 spiro atoms. The van der Waals surface area contributed by atoms with Crippen molar-refractivity contribution in [2.24, 2.45) is 0 Å². The van der Waals surface area contributed by atoms with Gasteiger partial charge in [0.25, 0.3) is 5.91 Å². The van der Waals surface area contributed by atoms with E-state index in [-0.39, 0.29) is 24.4 Å². The summed E-state index contributed by atoms with van der Waals surface area (Å²) >= 11 is 0. The van der Waals surface area contributed by atoms with Crippen molar-refractivity contribution in [3.8, 4) is 0 Å². The van der Waals surface area contributed by atoms with Gasteiger partial charge in [0.15, 0.2) is 0 Å². The van der Waals surface area contributed by atoms with Crippen molar-refractivity contribution in [2.45, 2.75) is 19.8 Å². The van der Waals surface area contributed by atoms with Crippen molar-refractivity contribution in [2.75, 3.05) is 39.8 Å². The summed E-state index contributed by atoms with van der Waals surface area (Å²) in [5.41, 5.74) is 1.58. The highest BCUT2D eigenvalue weighted by Crippen LogP contribution is 2.07. The van der Waals surface area contributed by atoms with E-state index in [9.17, 15) is 14.4 Å². The third-order valence-electron chi connectivity index (χ3n) is 4.31. The maximum Gasteiger partial charge on any atom is 0.317 e. The molecule has 1 aliphatic heterocycles. The smallest absolute Gasteiger partial charge is 0.317 e. The predicted octanol–water partition coefficient (Wildman–Crippen LogP) is 0.853. The number of hydrogen-bond acceptors (Lipinski definition) is 3. The molecule has 0 atom stereocenters. The molecular formula is C18H26N4O3. The Labute approximate surface area is 148 Å². The molecule has 7 nitrogen and oxygen atoms in total. The number of hydrogen-bond donors (Lipinski definition) is 2. The first-order valence-corrected chi connectivity index (χ1v) is 8.66. The average Bonchev–Trinajstić information content (AvgIpc) is 2.82. The van der Waals surface area contributed by atoms with Crippen LogP contribution in [-0.4, -0.2) is 67.4 Å². The highest BCUT2D eigenvalue weighted by atomic mass is 16.2. The standard InChI is InChI=1S/C18H26N4O3/c1-3-21-10-5-11-22(13-16(21)23)18(25)20-9-8-14-6-4-7-15(12-14)17(24)19-2/h4,6-7,12H,3,5,8-11,13H2,1-2H3,(H,19,24)(H,20,25). The van der Waals surface area contributed by atoms with E-state index in [1.165, 1.54) is 0 Å². The van der Waals surface area contributed by atoms with Gasteiger partial charge in [-0.2, -0.15) is 0 Å². The Morgan fingerprint density at radius 3 is 2.76 bits per heavy atom. The predicted molar refractivity (Wildman–Crippen MR) is 95.4 cm³/mol. The van der Waals surface area contributed by atoms with Gasteiger partial charge in [-0.05, 0) is 37.5 Å².